The Labute approximate surface area is 70.5 Å². The van der Waals surface area contributed by atoms with Crippen molar-refractivity contribution in [3.8, 4) is 0 Å². The third-order valence-electron chi connectivity index (χ3n) is 2.26. The van der Waals surface area contributed by atoms with E-state index in [1.165, 1.54) is 6.42 Å². The van der Waals surface area contributed by atoms with Crippen LogP contribution >= 0.6 is 0 Å². The number of hydrogen-bond acceptors (Lipinski definition) is 2. The summed E-state index contributed by atoms with van der Waals surface area (Å²) in [6.45, 7) is 0. The van der Waals surface area contributed by atoms with E-state index in [4.69, 9.17) is 0 Å². The van der Waals surface area contributed by atoms with Gasteiger partial charge in [-0.15, -0.1) is 0 Å². The summed E-state index contributed by atoms with van der Waals surface area (Å²) in [7, 11) is -0.852. The maximum Gasteiger partial charge on any atom is 0.0762 e. The van der Waals surface area contributed by atoms with Gasteiger partial charge in [0.05, 0.1) is 11.4 Å². The van der Waals surface area contributed by atoms with Crippen molar-refractivity contribution in [3.05, 3.63) is 0 Å². The Morgan fingerprint density at radius 2 is 1.91 bits per heavy atom. The molecule has 1 aliphatic rings. The normalized spacial score (nSPS) is 26.4. The van der Waals surface area contributed by atoms with Crippen LogP contribution in [0.2, 0.25) is 0 Å². The quantitative estimate of drug-likeness (QED) is 0.683. The molecule has 0 aromatic heterocycles. The zero-order valence-electron chi connectivity index (χ0n) is 7.01. The van der Waals surface area contributed by atoms with E-state index >= 15 is 0 Å². The highest BCUT2D eigenvalue weighted by Crippen LogP contribution is 2.28. The third kappa shape index (κ3) is 2.91. The summed E-state index contributed by atoms with van der Waals surface area (Å²) in [5.41, 5.74) is -0.599. The van der Waals surface area contributed by atoms with Crippen molar-refractivity contribution >= 4 is 10.8 Å². The molecule has 2 nitrogen and oxygen atoms in total. The molecule has 0 bridgehead atoms. The smallest absolute Gasteiger partial charge is 0.0762 e. The van der Waals surface area contributed by atoms with Crippen LogP contribution in [-0.2, 0) is 10.8 Å². The topological polar surface area (TPSA) is 37.3 Å². The van der Waals surface area contributed by atoms with Crippen LogP contribution in [0.4, 0.5) is 0 Å². The second kappa shape index (κ2) is 3.68. The van der Waals surface area contributed by atoms with Gasteiger partial charge in [0.25, 0.3) is 0 Å². The van der Waals surface area contributed by atoms with E-state index in [1.807, 2.05) is 0 Å². The largest absolute Gasteiger partial charge is 0.389 e. The molecule has 1 atom stereocenters. The first-order valence-electron chi connectivity index (χ1n) is 4.15. The molecular formula is C8H16O2S. The van der Waals surface area contributed by atoms with Crippen molar-refractivity contribution in [2.24, 2.45) is 0 Å². The summed E-state index contributed by atoms with van der Waals surface area (Å²) in [5.74, 6) is 0.465. The molecule has 1 fully saturated rings. The molecule has 0 aromatic rings. The summed E-state index contributed by atoms with van der Waals surface area (Å²) in [5, 5.41) is 9.85. The fourth-order valence-corrected chi connectivity index (χ4v) is 2.78. The van der Waals surface area contributed by atoms with Gasteiger partial charge >= 0.3 is 0 Å². The van der Waals surface area contributed by atoms with E-state index in [2.05, 4.69) is 0 Å². The molecule has 0 radical (unpaired) electrons. The van der Waals surface area contributed by atoms with Gasteiger partial charge in [-0.3, -0.25) is 4.21 Å². The van der Waals surface area contributed by atoms with E-state index in [0.29, 0.717) is 5.75 Å². The van der Waals surface area contributed by atoms with Gasteiger partial charge in [-0.1, -0.05) is 19.3 Å². The van der Waals surface area contributed by atoms with E-state index < -0.39 is 16.4 Å². The first-order valence-corrected chi connectivity index (χ1v) is 5.88. The average molecular weight is 176 g/mol. The van der Waals surface area contributed by atoms with Gasteiger partial charge in [-0.25, -0.2) is 0 Å². The highest BCUT2D eigenvalue weighted by molar-refractivity contribution is 7.84. The van der Waals surface area contributed by atoms with Crippen LogP contribution in [0.25, 0.3) is 0 Å². The van der Waals surface area contributed by atoms with E-state index in [9.17, 15) is 9.32 Å². The van der Waals surface area contributed by atoms with Gasteiger partial charge < -0.3 is 5.11 Å². The monoisotopic (exact) mass is 176 g/mol. The minimum absolute atomic E-state index is 0.465. The highest BCUT2D eigenvalue weighted by atomic mass is 32.2. The lowest BCUT2D eigenvalue weighted by atomic mass is 9.86. The molecule has 1 N–H and O–H groups in total. The molecule has 3 heteroatoms. The molecule has 1 saturated carbocycles. The summed E-state index contributed by atoms with van der Waals surface area (Å²) in [6, 6.07) is 0. The van der Waals surface area contributed by atoms with Gasteiger partial charge in [-0.05, 0) is 12.8 Å². The van der Waals surface area contributed by atoms with E-state index in [1.54, 1.807) is 6.26 Å². The molecule has 1 rings (SSSR count). The Hall–Kier alpha value is 0.110. The number of hydrogen-bond donors (Lipinski definition) is 1. The first kappa shape index (κ1) is 9.20. The van der Waals surface area contributed by atoms with Crippen LogP contribution in [0.15, 0.2) is 0 Å². The summed E-state index contributed by atoms with van der Waals surface area (Å²) >= 11 is 0. The lowest BCUT2D eigenvalue weighted by Crippen LogP contribution is -2.36. The fraction of sp³-hybridized carbons (Fsp3) is 1.00. The maximum absolute atomic E-state index is 10.9. The van der Waals surface area contributed by atoms with Crippen molar-refractivity contribution in [3.63, 3.8) is 0 Å². The van der Waals surface area contributed by atoms with Crippen molar-refractivity contribution in [2.75, 3.05) is 12.0 Å². The predicted molar refractivity (Wildman–Crippen MR) is 47.0 cm³/mol. The van der Waals surface area contributed by atoms with Crippen LogP contribution < -0.4 is 0 Å². The first-order chi connectivity index (χ1) is 5.12. The SMILES string of the molecule is CS(=O)CC1(O)CCCCC1. The Morgan fingerprint density at radius 1 is 1.36 bits per heavy atom. The third-order valence-corrected chi connectivity index (χ3v) is 3.20. The van der Waals surface area contributed by atoms with Crippen molar-refractivity contribution in [1.29, 1.82) is 0 Å². The van der Waals surface area contributed by atoms with E-state index in [-0.39, 0.29) is 0 Å². The van der Waals surface area contributed by atoms with Crippen LogP contribution in [0.1, 0.15) is 32.1 Å². The molecular weight excluding hydrogens is 160 g/mol. The minimum atomic E-state index is -0.852. The molecule has 0 aromatic carbocycles. The second-order valence-electron chi connectivity index (χ2n) is 3.50. The second-order valence-corrected chi connectivity index (χ2v) is 4.94. The van der Waals surface area contributed by atoms with E-state index in [0.717, 1.165) is 25.7 Å². The van der Waals surface area contributed by atoms with Gasteiger partial charge in [0.15, 0.2) is 0 Å². The average Bonchev–Trinajstić information content (AvgIpc) is 1.85. The molecule has 66 valence electrons. The Balaban J connectivity index is 2.43. The van der Waals surface area contributed by atoms with Crippen LogP contribution in [0.5, 0.6) is 0 Å². The molecule has 1 aliphatic carbocycles. The van der Waals surface area contributed by atoms with Crippen LogP contribution in [0, 0.1) is 0 Å². The zero-order valence-corrected chi connectivity index (χ0v) is 7.82. The van der Waals surface area contributed by atoms with Crippen molar-refractivity contribution in [2.45, 2.75) is 37.7 Å². The zero-order chi connectivity index (χ0) is 8.32. The molecule has 0 heterocycles. The maximum atomic E-state index is 10.9. The molecule has 0 spiro atoms. The highest BCUT2D eigenvalue weighted by Gasteiger charge is 2.29. The minimum Gasteiger partial charge on any atom is -0.389 e. The Bertz CT molecular complexity index is 150. The standard InChI is InChI=1S/C8H16O2S/c1-11(10)7-8(9)5-3-2-4-6-8/h9H,2-7H2,1H3. The van der Waals surface area contributed by atoms with Gasteiger partial charge in [0.1, 0.15) is 0 Å². The Kier molecular flexibility index (Phi) is 3.07. The number of aliphatic hydroxyl groups is 1. The molecule has 0 aliphatic heterocycles. The number of rotatable bonds is 2. The van der Waals surface area contributed by atoms with Gasteiger partial charge in [-0.2, -0.15) is 0 Å². The fourth-order valence-electron chi connectivity index (χ4n) is 1.73. The van der Waals surface area contributed by atoms with Gasteiger partial charge in [0.2, 0.25) is 0 Å². The molecule has 0 saturated heterocycles. The Morgan fingerprint density at radius 3 is 2.36 bits per heavy atom. The van der Waals surface area contributed by atoms with Crippen molar-refractivity contribution in [1.82, 2.24) is 0 Å². The van der Waals surface area contributed by atoms with Crippen LogP contribution in [0.3, 0.4) is 0 Å². The van der Waals surface area contributed by atoms with Gasteiger partial charge in [0, 0.05) is 17.1 Å². The lowest BCUT2D eigenvalue weighted by Gasteiger charge is -2.30. The summed E-state index contributed by atoms with van der Waals surface area (Å²) in [6.07, 6.45) is 6.74. The molecule has 1 unspecified atom stereocenters. The van der Waals surface area contributed by atoms with Crippen LogP contribution in [-0.4, -0.2) is 26.9 Å². The molecule has 0 amide bonds. The summed E-state index contributed by atoms with van der Waals surface area (Å²) in [4.78, 5) is 0. The predicted octanol–water partition coefficient (Wildman–Crippen LogP) is 1.06. The molecule has 11 heavy (non-hydrogen) atoms. The summed E-state index contributed by atoms with van der Waals surface area (Å²) < 4.78 is 10.9. The van der Waals surface area contributed by atoms with Crippen molar-refractivity contribution < 1.29 is 9.32 Å². The lowest BCUT2D eigenvalue weighted by molar-refractivity contribution is 0.0266.